The lowest BCUT2D eigenvalue weighted by atomic mass is 10.1. The molecule has 1 saturated carbocycles. The Morgan fingerprint density at radius 1 is 1.43 bits per heavy atom. The van der Waals surface area contributed by atoms with Crippen molar-refractivity contribution in [2.45, 2.75) is 25.4 Å². The summed E-state index contributed by atoms with van der Waals surface area (Å²) in [5, 5.41) is 10.9. The quantitative estimate of drug-likeness (QED) is 0.879. The van der Waals surface area contributed by atoms with E-state index in [2.05, 4.69) is 26.9 Å². The van der Waals surface area contributed by atoms with Crippen molar-refractivity contribution in [3.8, 4) is 0 Å². The fourth-order valence-corrected chi connectivity index (χ4v) is 3.73. The Balaban J connectivity index is 1.43. The fourth-order valence-electron chi connectivity index (χ4n) is 2.96. The van der Waals surface area contributed by atoms with Crippen molar-refractivity contribution in [3.05, 3.63) is 29.0 Å². The lowest BCUT2D eigenvalue weighted by Gasteiger charge is -2.34. The highest BCUT2D eigenvalue weighted by Crippen LogP contribution is 2.31. The molecule has 0 amide bonds. The summed E-state index contributed by atoms with van der Waals surface area (Å²) in [6, 6.07) is 0.233. The van der Waals surface area contributed by atoms with Gasteiger partial charge in [-0.05, 0) is 18.8 Å². The maximum absolute atomic E-state index is 5.71. The van der Waals surface area contributed by atoms with E-state index in [0.717, 1.165) is 43.0 Å². The zero-order chi connectivity index (χ0) is 15.6. The molecule has 1 atom stereocenters. The SMILES string of the molecule is Cn1cc(CN2CCOCC2c2csc(NCC3CC3)n2)cn1. The molecule has 1 saturated heterocycles. The molecule has 23 heavy (non-hydrogen) atoms. The van der Waals surface area contributed by atoms with E-state index in [0.29, 0.717) is 6.61 Å². The summed E-state index contributed by atoms with van der Waals surface area (Å²) in [5.74, 6) is 0.863. The first-order valence-electron chi connectivity index (χ1n) is 8.26. The predicted octanol–water partition coefficient (Wildman–Crippen LogP) is 2.27. The van der Waals surface area contributed by atoms with E-state index < -0.39 is 0 Å². The van der Waals surface area contributed by atoms with Crippen LogP contribution in [0.2, 0.25) is 0 Å². The molecule has 0 aromatic carbocycles. The van der Waals surface area contributed by atoms with Crippen LogP contribution in [-0.2, 0) is 18.3 Å². The number of thiazole rings is 1. The Hall–Kier alpha value is -1.44. The monoisotopic (exact) mass is 333 g/mol. The van der Waals surface area contributed by atoms with E-state index in [4.69, 9.17) is 9.72 Å². The van der Waals surface area contributed by atoms with Gasteiger partial charge in [0.1, 0.15) is 0 Å². The van der Waals surface area contributed by atoms with Crippen molar-refractivity contribution in [3.63, 3.8) is 0 Å². The van der Waals surface area contributed by atoms with Crippen LogP contribution >= 0.6 is 11.3 Å². The second kappa shape index (κ2) is 6.59. The zero-order valence-electron chi connectivity index (χ0n) is 13.4. The molecule has 0 bridgehead atoms. The molecule has 0 radical (unpaired) electrons. The Morgan fingerprint density at radius 2 is 2.35 bits per heavy atom. The molecule has 124 valence electrons. The second-order valence-electron chi connectivity index (χ2n) is 6.49. The summed E-state index contributed by atoms with van der Waals surface area (Å²) in [5.41, 5.74) is 2.36. The van der Waals surface area contributed by atoms with Crippen LogP contribution in [-0.4, -0.2) is 46.0 Å². The summed E-state index contributed by atoms with van der Waals surface area (Å²) < 4.78 is 7.56. The van der Waals surface area contributed by atoms with Gasteiger partial charge >= 0.3 is 0 Å². The molecule has 1 N–H and O–H groups in total. The van der Waals surface area contributed by atoms with Gasteiger partial charge in [-0.1, -0.05) is 0 Å². The predicted molar refractivity (Wildman–Crippen MR) is 90.5 cm³/mol. The molecule has 2 aliphatic rings. The van der Waals surface area contributed by atoms with Crippen LogP contribution in [0.1, 0.15) is 30.1 Å². The zero-order valence-corrected chi connectivity index (χ0v) is 14.3. The molecule has 0 spiro atoms. The third-order valence-electron chi connectivity index (χ3n) is 4.49. The second-order valence-corrected chi connectivity index (χ2v) is 7.34. The Bertz CT molecular complexity index is 650. The minimum absolute atomic E-state index is 0.233. The Kier molecular flexibility index (Phi) is 4.33. The van der Waals surface area contributed by atoms with Crippen molar-refractivity contribution < 1.29 is 4.74 Å². The van der Waals surface area contributed by atoms with Crippen molar-refractivity contribution in [2.24, 2.45) is 13.0 Å². The third kappa shape index (κ3) is 3.73. The summed E-state index contributed by atoms with van der Waals surface area (Å²) >= 11 is 1.70. The Morgan fingerprint density at radius 3 is 3.13 bits per heavy atom. The van der Waals surface area contributed by atoms with Gasteiger partial charge in [-0.3, -0.25) is 9.58 Å². The van der Waals surface area contributed by atoms with Gasteiger partial charge in [-0.25, -0.2) is 4.98 Å². The molecule has 4 rings (SSSR count). The minimum atomic E-state index is 0.233. The molecule has 2 aromatic heterocycles. The van der Waals surface area contributed by atoms with E-state index in [1.807, 2.05) is 17.9 Å². The Labute approximate surface area is 140 Å². The van der Waals surface area contributed by atoms with E-state index >= 15 is 0 Å². The highest BCUT2D eigenvalue weighted by molar-refractivity contribution is 7.13. The molecular weight excluding hydrogens is 310 g/mol. The first-order chi connectivity index (χ1) is 11.3. The average Bonchev–Trinajstić information content (AvgIpc) is 3.12. The third-order valence-corrected chi connectivity index (χ3v) is 5.30. The summed E-state index contributed by atoms with van der Waals surface area (Å²) in [7, 11) is 1.96. The van der Waals surface area contributed by atoms with Gasteiger partial charge in [0.05, 0.1) is 31.1 Å². The average molecular weight is 333 g/mol. The van der Waals surface area contributed by atoms with Crippen molar-refractivity contribution in [2.75, 3.05) is 31.6 Å². The van der Waals surface area contributed by atoms with Gasteiger partial charge in [-0.15, -0.1) is 11.3 Å². The number of hydrogen-bond donors (Lipinski definition) is 1. The van der Waals surface area contributed by atoms with E-state index in [-0.39, 0.29) is 6.04 Å². The molecule has 1 aliphatic carbocycles. The van der Waals surface area contributed by atoms with E-state index in [1.54, 1.807) is 11.3 Å². The number of aryl methyl sites for hydroxylation is 1. The molecule has 2 fully saturated rings. The smallest absolute Gasteiger partial charge is 0.182 e. The summed E-state index contributed by atoms with van der Waals surface area (Å²) in [6.07, 6.45) is 6.74. The van der Waals surface area contributed by atoms with Gasteiger partial charge in [-0.2, -0.15) is 5.10 Å². The number of nitrogens with one attached hydrogen (secondary N) is 1. The van der Waals surface area contributed by atoms with E-state index in [9.17, 15) is 0 Å². The lowest BCUT2D eigenvalue weighted by Crippen LogP contribution is -2.39. The number of ether oxygens (including phenoxy) is 1. The molecule has 1 unspecified atom stereocenters. The number of nitrogens with zero attached hydrogens (tertiary/aromatic N) is 4. The van der Waals surface area contributed by atoms with Gasteiger partial charge in [0, 0.05) is 43.8 Å². The van der Waals surface area contributed by atoms with Crippen LogP contribution in [0.4, 0.5) is 5.13 Å². The fraction of sp³-hybridized carbons (Fsp3) is 0.625. The number of morpholine rings is 1. The maximum atomic E-state index is 5.71. The molecular formula is C16H23N5OS. The topological polar surface area (TPSA) is 55.2 Å². The van der Waals surface area contributed by atoms with Crippen LogP contribution in [0.5, 0.6) is 0 Å². The van der Waals surface area contributed by atoms with Crippen molar-refractivity contribution >= 4 is 16.5 Å². The maximum Gasteiger partial charge on any atom is 0.182 e. The van der Waals surface area contributed by atoms with Crippen LogP contribution < -0.4 is 5.32 Å². The van der Waals surface area contributed by atoms with E-state index in [1.165, 1.54) is 18.4 Å². The number of anilines is 1. The molecule has 2 aromatic rings. The van der Waals surface area contributed by atoms with Crippen LogP contribution in [0.3, 0.4) is 0 Å². The minimum Gasteiger partial charge on any atom is -0.378 e. The first-order valence-corrected chi connectivity index (χ1v) is 9.14. The molecule has 7 heteroatoms. The number of rotatable bonds is 6. The first kappa shape index (κ1) is 15.1. The number of hydrogen-bond acceptors (Lipinski definition) is 6. The standard InChI is InChI=1S/C16H23N5OS/c1-20-8-13(7-18-20)9-21-4-5-22-10-15(21)14-11-23-16(19-14)17-6-12-2-3-12/h7-8,11-12,15H,2-6,9-10H2,1H3,(H,17,19). The van der Waals surface area contributed by atoms with Gasteiger partial charge in [0.15, 0.2) is 5.13 Å². The number of aromatic nitrogens is 3. The summed E-state index contributed by atoms with van der Waals surface area (Å²) in [6.45, 7) is 4.39. The largest absolute Gasteiger partial charge is 0.378 e. The normalized spacial score (nSPS) is 22.4. The highest BCUT2D eigenvalue weighted by atomic mass is 32.1. The molecule has 1 aliphatic heterocycles. The van der Waals surface area contributed by atoms with Crippen molar-refractivity contribution in [1.29, 1.82) is 0 Å². The van der Waals surface area contributed by atoms with Crippen LogP contribution in [0.15, 0.2) is 17.8 Å². The molecule has 6 nitrogen and oxygen atoms in total. The molecule has 3 heterocycles. The highest BCUT2D eigenvalue weighted by Gasteiger charge is 2.27. The van der Waals surface area contributed by atoms with Crippen LogP contribution in [0, 0.1) is 5.92 Å². The van der Waals surface area contributed by atoms with Crippen molar-refractivity contribution in [1.82, 2.24) is 19.7 Å². The van der Waals surface area contributed by atoms with Crippen LogP contribution in [0.25, 0.3) is 0 Å². The van der Waals surface area contributed by atoms with Gasteiger partial charge in [0.2, 0.25) is 0 Å². The lowest BCUT2D eigenvalue weighted by molar-refractivity contribution is -0.0140. The van der Waals surface area contributed by atoms with Gasteiger partial charge in [0.25, 0.3) is 0 Å². The summed E-state index contributed by atoms with van der Waals surface area (Å²) in [4.78, 5) is 7.24. The van der Waals surface area contributed by atoms with Gasteiger partial charge < -0.3 is 10.1 Å².